The summed E-state index contributed by atoms with van der Waals surface area (Å²) >= 11 is 0. The number of halogens is 2. The van der Waals surface area contributed by atoms with Gasteiger partial charge in [0, 0.05) is 68.8 Å². The van der Waals surface area contributed by atoms with Gasteiger partial charge >= 0.3 is 0 Å². The first kappa shape index (κ1) is 27.3. The Hall–Kier alpha value is -3.28. The van der Waals surface area contributed by atoms with E-state index in [-0.39, 0.29) is 48.4 Å². The van der Waals surface area contributed by atoms with Crippen molar-refractivity contribution in [3.8, 4) is 5.88 Å². The lowest BCUT2D eigenvalue weighted by atomic mass is 9.86. The number of hydrogen-bond donors (Lipinski definition) is 2. The summed E-state index contributed by atoms with van der Waals surface area (Å²) in [5.74, 6) is -3.79. The molecule has 5 rings (SSSR count). The molecule has 2 N–H and O–H groups in total. The summed E-state index contributed by atoms with van der Waals surface area (Å²) in [4.78, 5) is 43.0. The van der Waals surface area contributed by atoms with Gasteiger partial charge in [-0.05, 0) is 38.7 Å². The van der Waals surface area contributed by atoms with Gasteiger partial charge in [-0.25, -0.2) is 8.78 Å². The average molecular weight is 547 g/mol. The number of hydrogen-bond acceptors (Lipinski definition) is 6. The van der Waals surface area contributed by atoms with E-state index in [4.69, 9.17) is 0 Å². The molecule has 0 aromatic carbocycles. The maximum Gasteiger partial charge on any atom is 0.291 e. The summed E-state index contributed by atoms with van der Waals surface area (Å²) in [6, 6.07) is -0.280. The van der Waals surface area contributed by atoms with Gasteiger partial charge in [-0.2, -0.15) is 9.61 Å². The molecule has 1 atom stereocenters. The van der Waals surface area contributed by atoms with Crippen LogP contribution in [-0.4, -0.2) is 84.6 Å². The van der Waals surface area contributed by atoms with Gasteiger partial charge in [0.2, 0.25) is 11.8 Å². The number of aryl methyl sites for hydroxylation is 1. The smallest absolute Gasteiger partial charge is 0.291 e. The predicted octanol–water partition coefficient (Wildman–Crippen LogP) is 2.40. The number of fused-ring (bicyclic) bond motifs is 1. The molecule has 1 aliphatic heterocycles. The number of aromatic hydroxyl groups is 1. The molecule has 3 heterocycles. The van der Waals surface area contributed by atoms with E-state index in [1.54, 1.807) is 17.9 Å². The van der Waals surface area contributed by atoms with E-state index < -0.39 is 23.3 Å². The van der Waals surface area contributed by atoms with Crippen molar-refractivity contribution >= 4 is 23.5 Å². The summed E-state index contributed by atoms with van der Waals surface area (Å²) < 4.78 is 29.3. The highest BCUT2D eigenvalue weighted by atomic mass is 19.3. The zero-order chi connectivity index (χ0) is 28.2. The van der Waals surface area contributed by atoms with Gasteiger partial charge in [0.05, 0.1) is 5.69 Å². The molecule has 2 aromatic heterocycles. The Kier molecular flexibility index (Phi) is 7.02. The minimum Gasteiger partial charge on any atom is -0.494 e. The minimum absolute atomic E-state index is 0.00771. The fraction of sp³-hybridized carbons (Fsp3) is 0.630. The van der Waals surface area contributed by atoms with Gasteiger partial charge in [0.25, 0.3) is 17.4 Å². The molecule has 2 aliphatic carbocycles. The molecule has 12 heteroatoms. The maximum absolute atomic E-state index is 13.3. The summed E-state index contributed by atoms with van der Waals surface area (Å²) in [5, 5.41) is 18.2. The number of rotatable bonds is 7. The fourth-order valence-corrected chi connectivity index (χ4v) is 5.57. The number of nitrogens with one attached hydrogen (secondary N) is 1. The summed E-state index contributed by atoms with van der Waals surface area (Å²) in [6.45, 7) is 9.32. The van der Waals surface area contributed by atoms with E-state index in [1.165, 1.54) is 10.6 Å². The van der Waals surface area contributed by atoms with Crippen LogP contribution in [0.25, 0.3) is 11.7 Å². The Balaban J connectivity index is 1.42. The lowest BCUT2D eigenvalue weighted by molar-refractivity contribution is -0.143. The van der Waals surface area contributed by atoms with Gasteiger partial charge in [-0.15, -0.1) is 0 Å². The minimum atomic E-state index is -2.58. The predicted molar refractivity (Wildman–Crippen MR) is 141 cm³/mol. The van der Waals surface area contributed by atoms with Crippen LogP contribution in [-0.2, 0) is 11.3 Å². The standard InChI is InChI=1S/C27H36F2N6O4/c1-15(2)13-34-24-20(17(4)31-35(24)26(39)22(25(34)38)23(37)30-18-5-6-18)7-8-21(36)33-10-9-32(14-16(33)3)19-11-27(28,29)12-19/h7-8,15-16,18-19,38H,5-6,9-14H2,1-4H3,(H,30,37)/b8-7+/t16-/m1/s1. The number of nitrogens with zero attached hydrogens (tertiary/aromatic N) is 5. The molecular formula is C27H36F2N6O4. The van der Waals surface area contributed by atoms with Crippen LogP contribution in [0.2, 0.25) is 0 Å². The number of amides is 2. The van der Waals surface area contributed by atoms with E-state index in [0.29, 0.717) is 43.1 Å². The molecular weight excluding hydrogens is 510 g/mol. The van der Waals surface area contributed by atoms with Crippen molar-refractivity contribution in [1.82, 2.24) is 29.3 Å². The molecule has 0 unspecified atom stereocenters. The lowest BCUT2D eigenvalue weighted by Crippen LogP contribution is -2.60. The third-order valence-electron chi connectivity index (χ3n) is 7.83. The number of aromatic nitrogens is 3. The monoisotopic (exact) mass is 546 g/mol. The van der Waals surface area contributed by atoms with Crippen LogP contribution in [0.3, 0.4) is 0 Å². The van der Waals surface area contributed by atoms with E-state index in [1.807, 2.05) is 25.7 Å². The maximum atomic E-state index is 13.3. The van der Waals surface area contributed by atoms with Crippen molar-refractivity contribution in [3.63, 3.8) is 0 Å². The molecule has 212 valence electrons. The first-order valence-electron chi connectivity index (χ1n) is 13.6. The van der Waals surface area contributed by atoms with Crippen LogP contribution < -0.4 is 10.9 Å². The first-order chi connectivity index (χ1) is 18.4. The average Bonchev–Trinajstić information content (AvgIpc) is 3.58. The number of piperazine rings is 1. The second kappa shape index (κ2) is 10.0. The van der Waals surface area contributed by atoms with Crippen molar-refractivity contribution in [2.24, 2.45) is 5.92 Å². The Bertz CT molecular complexity index is 1390. The zero-order valence-corrected chi connectivity index (χ0v) is 22.8. The molecule has 1 saturated heterocycles. The third kappa shape index (κ3) is 5.30. The highest BCUT2D eigenvalue weighted by Crippen LogP contribution is 2.41. The highest BCUT2D eigenvalue weighted by molar-refractivity contribution is 5.97. The van der Waals surface area contributed by atoms with Crippen LogP contribution in [0.4, 0.5) is 8.78 Å². The summed E-state index contributed by atoms with van der Waals surface area (Å²) in [6.07, 6.45) is 4.42. The third-order valence-corrected chi connectivity index (χ3v) is 7.83. The number of alkyl halides is 2. The van der Waals surface area contributed by atoms with Crippen molar-refractivity contribution in [1.29, 1.82) is 0 Å². The molecule has 0 radical (unpaired) electrons. The Labute approximate surface area is 225 Å². The van der Waals surface area contributed by atoms with Gasteiger partial charge in [-0.1, -0.05) is 13.8 Å². The number of carbonyl (C=O) groups excluding carboxylic acids is 2. The van der Waals surface area contributed by atoms with Crippen LogP contribution in [0, 0.1) is 12.8 Å². The fourth-order valence-electron chi connectivity index (χ4n) is 5.57. The van der Waals surface area contributed by atoms with Gasteiger partial charge in [-0.3, -0.25) is 23.9 Å². The van der Waals surface area contributed by atoms with E-state index in [9.17, 15) is 28.3 Å². The Morgan fingerprint density at radius 2 is 1.92 bits per heavy atom. The molecule has 3 fully saturated rings. The quantitative estimate of drug-likeness (QED) is 0.516. The van der Waals surface area contributed by atoms with Crippen LogP contribution in [0.5, 0.6) is 5.88 Å². The van der Waals surface area contributed by atoms with E-state index >= 15 is 0 Å². The molecule has 2 saturated carbocycles. The normalized spacial score (nSPS) is 22.1. The Morgan fingerprint density at radius 3 is 2.51 bits per heavy atom. The SMILES string of the molecule is Cc1nn2c(=O)c(C(=O)NC3CC3)c(O)n(CC(C)C)c2c1/C=C/C(=O)N1CCN(C2CC(F)(F)C2)C[C@H]1C. The van der Waals surface area contributed by atoms with E-state index in [0.717, 1.165) is 17.4 Å². The second-order valence-corrected chi connectivity index (χ2v) is 11.6. The van der Waals surface area contributed by atoms with Crippen molar-refractivity contribution < 1.29 is 23.5 Å². The molecule has 39 heavy (non-hydrogen) atoms. The van der Waals surface area contributed by atoms with Crippen LogP contribution in [0.15, 0.2) is 10.9 Å². The lowest BCUT2D eigenvalue weighted by Gasteiger charge is -2.48. The summed E-state index contributed by atoms with van der Waals surface area (Å²) in [5.41, 5.74) is 0.200. The molecule has 2 aromatic rings. The van der Waals surface area contributed by atoms with Crippen LogP contribution >= 0.6 is 0 Å². The van der Waals surface area contributed by atoms with E-state index in [2.05, 4.69) is 10.4 Å². The molecule has 10 nitrogen and oxygen atoms in total. The largest absolute Gasteiger partial charge is 0.494 e. The molecule has 2 amide bonds. The van der Waals surface area contributed by atoms with Crippen molar-refractivity contribution in [3.05, 3.63) is 33.3 Å². The summed E-state index contributed by atoms with van der Waals surface area (Å²) in [7, 11) is 0. The Morgan fingerprint density at radius 1 is 1.23 bits per heavy atom. The van der Waals surface area contributed by atoms with Crippen LogP contribution in [0.1, 0.15) is 68.1 Å². The topological polar surface area (TPSA) is 112 Å². The molecule has 0 spiro atoms. The zero-order valence-electron chi connectivity index (χ0n) is 22.8. The van der Waals surface area contributed by atoms with Gasteiger partial charge in [0.1, 0.15) is 5.65 Å². The van der Waals surface area contributed by atoms with Gasteiger partial charge < -0.3 is 15.3 Å². The molecule has 0 bridgehead atoms. The second-order valence-electron chi connectivity index (χ2n) is 11.6. The van der Waals surface area contributed by atoms with Crippen molar-refractivity contribution in [2.75, 3.05) is 19.6 Å². The first-order valence-corrected chi connectivity index (χ1v) is 13.6. The van der Waals surface area contributed by atoms with Crippen molar-refractivity contribution in [2.45, 2.75) is 84.0 Å². The highest BCUT2D eigenvalue weighted by Gasteiger charge is 2.48. The number of carbonyl (C=O) groups is 2. The molecule has 3 aliphatic rings. The van der Waals surface area contributed by atoms with Gasteiger partial charge in [0.15, 0.2) is 5.56 Å².